The summed E-state index contributed by atoms with van der Waals surface area (Å²) in [5.41, 5.74) is 0.470. The highest BCUT2D eigenvalue weighted by Crippen LogP contribution is 2.18. The quantitative estimate of drug-likeness (QED) is 0.858. The smallest absolute Gasteiger partial charge is 0.265 e. The lowest BCUT2D eigenvalue weighted by molar-refractivity contribution is 0.269. The van der Waals surface area contributed by atoms with Crippen molar-refractivity contribution in [2.45, 2.75) is 11.4 Å². The second-order valence-electron chi connectivity index (χ2n) is 3.78. The molecule has 0 spiro atoms. The number of sulfonamides is 1. The molecule has 2 aromatic rings. The Bertz CT molecular complexity index is 652. The number of rotatable bonds is 5. The molecule has 0 bridgehead atoms. The first-order valence-electron chi connectivity index (χ1n) is 5.43. The first-order valence-corrected chi connectivity index (χ1v) is 7.70. The minimum absolute atomic E-state index is 0.0591. The van der Waals surface area contributed by atoms with Crippen LogP contribution in [-0.4, -0.2) is 29.9 Å². The average molecular weight is 346 g/mol. The van der Waals surface area contributed by atoms with Gasteiger partial charge in [0, 0.05) is 16.4 Å². The summed E-state index contributed by atoms with van der Waals surface area (Å²) >= 11 is 3.28. The Balaban J connectivity index is 2.19. The van der Waals surface area contributed by atoms with Crippen molar-refractivity contribution in [3.8, 4) is 0 Å². The van der Waals surface area contributed by atoms with E-state index in [1.54, 1.807) is 24.3 Å². The minimum atomic E-state index is -3.65. The molecule has 0 saturated heterocycles. The van der Waals surface area contributed by atoms with Crippen molar-refractivity contribution in [2.75, 3.05) is 11.3 Å². The monoisotopic (exact) mass is 345 g/mol. The lowest BCUT2D eigenvalue weighted by Crippen LogP contribution is -2.12. The molecule has 2 N–H and O–H groups in total. The van der Waals surface area contributed by atoms with Crippen LogP contribution in [0.1, 0.15) is 0 Å². The zero-order valence-corrected chi connectivity index (χ0v) is 12.2. The number of anilines is 1. The normalized spacial score (nSPS) is 11.5. The van der Waals surface area contributed by atoms with Crippen molar-refractivity contribution in [1.29, 1.82) is 0 Å². The highest BCUT2D eigenvalue weighted by molar-refractivity contribution is 9.10. The average Bonchev–Trinajstić information content (AvgIpc) is 2.82. The summed E-state index contributed by atoms with van der Waals surface area (Å²) < 4.78 is 28.8. The summed E-state index contributed by atoms with van der Waals surface area (Å²) in [5, 5.41) is 12.6. The molecule has 1 aromatic carbocycles. The number of halogens is 1. The van der Waals surface area contributed by atoms with Crippen molar-refractivity contribution in [3.05, 3.63) is 41.1 Å². The third kappa shape index (κ3) is 3.55. The van der Waals surface area contributed by atoms with Crippen molar-refractivity contribution in [2.24, 2.45) is 0 Å². The molecular weight excluding hydrogens is 334 g/mol. The maximum Gasteiger partial charge on any atom is 0.265 e. The van der Waals surface area contributed by atoms with Crippen molar-refractivity contribution in [1.82, 2.24) is 9.78 Å². The summed E-state index contributed by atoms with van der Waals surface area (Å²) in [5.74, 6) is 0. The van der Waals surface area contributed by atoms with Crippen LogP contribution in [-0.2, 0) is 16.6 Å². The van der Waals surface area contributed by atoms with Crippen LogP contribution in [0.15, 0.2) is 46.0 Å². The molecule has 0 atom stereocenters. The SMILES string of the molecule is O=S(=O)(Nc1ccc(Br)cc1)c1cnn(CCO)c1. The first-order chi connectivity index (χ1) is 9.01. The minimum Gasteiger partial charge on any atom is -0.394 e. The standard InChI is InChI=1S/C11H12BrN3O3S/c12-9-1-3-10(4-2-9)14-19(17,18)11-7-13-15(8-11)5-6-16/h1-4,7-8,14,16H,5-6H2. The fraction of sp³-hybridized carbons (Fsp3) is 0.182. The van der Waals surface area contributed by atoms with Crippen molar-refractivity contribution < 1.29 is 13.5 Å². The summed E-state index contributed by atoms with van der Waals surface area (Å²) in [7, 11) is -3.65. The summed E-state index contributed by atoms with van der Waals surface area (Å²) in [6.45, 7) is 0.162. The van der Waals surface area contributed by atoms with Gasteiger partial charge in [0.15, 0.2) is 0 Å². The Morgan fingerprint density at radius 1 is 1.32 bits per heavy atom. The van der Waals surface area contributed by atoms with Gasteiger partial charge in [-0.1, -0.05) is 15.9 Å². The van der Waals surface area contributed by atoms with E-state index in [4.69, 9.17) is 5.11 Å². The molecule has 0 unspecified atom stereocenters. The molecule has 0 amide bonds. The molecule has 2 rings (SSSR count). The molecule has 0 aliphatic heterocycles. The number of nitrogens with zero attached hydrogens (tertiary/aromatic N) is 2. The Kier molecular flexibility index (Phi) is 4.23. The van der Waals surface area contributed by atoms with Gasteiger partial charge in [-0.25, -0.2) is 8.42 Å². The number of hydrogen-bond acceptors (Lipinski definition) is 4. The fourth-order valence-electron chi connectivity index (χ4n) is 1.44. The van der Waals surface area contributed by atoms with E-state index in [-0.39, 0.29) is 18.0 Å². The molecular formula is C11H12BrN3O3S. The van der Waals surface area contributed by atoms with Gasteiger partial charge in [-0.2, -0.15) is 5.10 Å². The van der Waals surface area contributed by atoms with Gasteiger partial charge < -0.3 is 5.11 Å². The van der Waals surface area contributed by atoms with E-state index in [1.165, 1.54) is 17.1 Å². The third-order valence-corrected chi connectivity index (χ3v) is 4.21. The van der Waals surface area contributed by atoms with Crippen LogP contribution in [0.4, 0.5) is 5.69 Å². The molecule has 0 aliphatic rings. The van der Waals surface area contributed by atoms with E-state index in [1.807, 2.05) is 0 Å². The highest BCUT2D eigenvalue weighted by Gasteiger charge is 2.16. The number of aliphatic hydroxyl groups is 1. The van der Waals surface area contributed by atoms with E-state index in [9.17, 15) is 8.42 Å². The molecule has 19 heavy (non-hydrogen) atoms. The van der Waals surface area contributed by atoms with E-state index >= 15 is 0 Å². The van der Waals surface area contributed by atoms with E-state index in [0.717, 1.165) is 4.47 Å². The van der Waals surface area contributed by atoms with Crippen LogP contribution in [0.5, 0.6) is 0 Å². The predicted molar refractivity (Wildman–Crippen MR) is 74.3 cm³/mol. The maximum atomic E-state index is 12.1. The summed E-state index contributed by atoms with van der Waals surface area (Å²) in [6, 6.07) is 6.79. The van der Waals surface area contributed by atoms with Crippen molar-refractivity contribution >= 4 is 31.6 Å². The lowest BCUT2D eigenvalue weighted by atomic mass is 10.3. The van der Waals surface area contributed by atoms with Crippen molar-refractivity contribution in [3.63, 3.8) is 0 Å². The van der Waals surface area contributed by atoms with Crippen LogP contribution >= 0.6 is 15.9 Å². The molecule has 0 saturated carbocycles. The molecule has 0 radical (unpaired) electrons. The Labute approximate surface area is 119 Å². The van der Waals surface area contributed by atoms with Crippen LogP contribution < -0.4 is 4.72 Å². The third-order valence-electron chi connectivity index (χ3n) is 2.35. The number of hydrogen-bond donors (Lipinski definition) is 2. The van der Waals surface area contributed by atoms with E-state index in [2.05, 4.69) is 25.8 Å². The Hall–Kier alpha value is -1.38. The van der Waals surface area contributed by atoms with Crippen LogP contribution in [0.3, 0.4) is 0 Å². The zero-order valence-electron chi connectivity index (χ0n) is 9.82. The molecule has 1 heterocycles. The van der Waals surface area contributed by atoms with Gasteiger partial charge in [-0.05, 0) is 24.3 Å². The summed E-state index contributed by atoms with van der Waals surface area (Å²) in [4.78, 5) is 0.0591. The zero-order chi connectivity index (χ0) is 13.9. The van der Waals surface area contributed by atoms with Gasteiger partial charge >= 0.3 is 0 Å². The molecule has 0 fully saturated rings. The van der Waals surface area contributed by atoms with Crippen LogP contribution in [0, 0.1) is 0 Å². The largest absolute Gasteiger partial charge is 0.394 e. The fourth-order valence-corrected chi connectivity index (χ4v) is 2.72. The van der Waals surface area contributed by atoms with E-state index in [0.29, 0.717) is 5.69 Å². The number of benzene rings is 1. The molecule has 8 heteroatoms. The number of aromatic nitrogens is 2. The molecule has 6 nitrogen and oxygen atoms in total. The van der Waals surface area contributed by atoms with Crippen LogP contribution in [0.2, 0.25) is 0 Å². The van der Waals surface area contributed by atoms with Crippen LogP contribution in [0.25, 0.3) is 0 Å². The Morgan fingerprint density at radius 2 is 2.00 bits per heavy atom. The summed E-state index contributed by atoms with van der Waals surface area (Å²) in [6.07, 6.45) is 2.62. The van der Waals surface area contributed by atoms with Gasteiger partial charge in [0.05, 0.1) is 19.3 Å². The number of nitrogens with one attached hydrogen (secondary N) is 1. The second kappa shape index (κ2) is 5.72. The second-order valence-corrected chi connectivity index (χ2v) is 6.37. The maximum absolute atomic E-state index is 12.1. The Morgan fingerprint density at radius 3 is 2.63 bits per heavy atom. The molecule has 0 aliphatic carbocycles. The van der Waals surface area contributed by atoms with Gasteiger partial charge in [0.25, 0.3) is 10.0 Å². The van der Waals surface area contributed by atoms with Gasteiger partial charge in [-0.3, -0.25) is 9.40 Å². The highest BCUT2D eigenvalue weighted by atomic mass is 79.9. The van der Waals surface area contributed by atoms with Gasteiger partial charge in [-0.15, -0.1) is 0 Å². The molecule has 1 aromatic heterocycles. The van der Waals surface area contributed by atoms with E-state index < -0.39 is 10.0 Å². The predicted octanol–water partition coefficient (Wildman–Crippen LogP) is 1.44. The van der Waals surface area contributed by atoms with Gasteiger partial charge in [0.2, 0.25) is 0 Å². The topological polar surface area (TPSA) is 84.2 Å². The first kappa shape index (κ1) is 14.0. The van der Waals surface area contributed by atoms with Gasteiger partial charge in [0.1, 0.15) is 4.90 Å². The lowest BCUT2D eigenvalue weighted by Gasteiger charge is -2.05. The number of aliphatic hydroxyl groups excluding tert-OH is 1. The molecule has 102 valence electrons.